The van der Waals surface area contributed by atoms with Crippen LogP contribution in [0, 0.1) is 5.92 Å². The lowest BCUT2D eigenvalue weighted by atomic mass is 10.1. The van der Waals surface area contributed by atoms with Crippen molar-refractivity contribution in [1.29, 1.82) is 0 Å². The monoisotopic (exact) mass is 312 g/mol. The molecule has 23 heavy (non-hydrogen) atoms. The van der Waals surface area contributed by atoms with Gasteiger partial charge >= 0.3 is 0 Å². The molecular weight excluding hydrogens is 288 g/mol. The number of aryl methyl sites for hydroxylation is 1. The number of aromatic amines is 1. The van der Waals surface area contributed by atoms with E-state index in [0.29, 0.717) is 0 Å². The normalized spacial score (nSPS) is 17.3. The minimum atomic E-state index is 0.164. The molecule has 1 unspecified atom stereocenters. The molecule has 122 valence electrons. The molecule has 1 aliphatic rings. The summed E-state index contributed by atoms with van der Waals surface area (Å²) in [6.07, 6.45) is 2.81. The van der Waals surface area contributed by atoms with Crippen molar-refractivity contribution in [2.24, 2.45) is 5.92 Å². The summed E-state index contributed by atoms with van der Waals surface area (Å²) in [5, 5.41) is 10.7. The first-order valence-electron chi connectivity index (χ1n) is 8.29. The van der Waals surface area contributed by atoms with E-state index in [1.54, 1.807) is 0 Å². The summed E-state index contributed by atoms with van der Waals surface area (Å²) in [4.78, 5) is 14.1. The van der Waals surface area contributed by atoms with Gasteiger partial charge in [0.25, 0.3) is 0 Å². The SMILES string of the molecule is CN(CCCc1cc(-c2ccccc2)n[nH]1)C(=O)C1CCNC1. The predicted molar refractivity (Wildman–Crippen MR) is 91.0 cm³/mol. The number of nitrogens with zero attached hydrogens (tertiary/aromatic N) is 2. The first kappa shape index (κ1) is 15.7. The second-order valence-corrected chi connectivity index (χ2v) is 6.20. The molecule has 2 heterocycles. The zero-order valence-electron chi connectivity index (χ0n) is 13.6. The highest BCUT2D eigenvalue weighted by molar-refractivity contribution is 5.79. The molecule has 0 spiro atoms. The van der Waals surface area contributed by atoms with E-state index in [9.17, 15) is 4.79 Å². The summed E-state index contributed by atoms with van der Waals surface area (Å²) < 4.78 is 0. The van der Waals surface area contributed by atoms with Crippen molar-refractivity contribution in [3.8, 4) is 11.3 Å². The first-order valence-corrected chi connectivity index (χ1v) is 8.29. The molecule has 5 nitrogen and oxygen atoms in total. The molecule has 0 bridgehead atoms. The third-order valence-corrected chi connectivity index (χ3v) is 4.43. The lowest BCUT2D eigenvalue weighted by Crippen LogP contribution is -2.34. The van der Waals surface area contributed by atoms with E-state index < -0.39 is 0 Å². The van der Waals surface area contributed by atoms with Crippen LogP contribution in [-0.4, -0.2) is 47.7 Å². The van der Waals surface area contributed by atoms with Crippen molar-refractivity contribution in [1.82, 2.24) is 20.4 Å². The minimum absolute atomic E-state index is 0.164. The number of amides is 1. The van der Waals surface area contributed by atoms with Gasteiger partial charge in [0.05, 0.1) is 11.6 Å². The van der Waals surface area contributed by atoms with Gasteiger partial charge in [-0.1, -0.05) is 30.3 Å². The number of H-pyrrole nitrogens is 1. The third-order valence-electron chi connectivity index (χ3n) is 4.43. The van der Waals surface area contributed by atoms with Gasteiger partial charge < -0.3 is 10.2 Å². The van der Waals surface area contributed by atoms with Gasteiger partial charge in [0, 0.05) is 31.4 Å². The molecule has 0 radical (unpaired) electrons. The Morgan fingerprint density at radius 2 is 2.17 bits per heavy atom. The highest BCUT2D eigenvalue weighted by Crippen LogP contribution is 2.17. The molecule has 1 aliphatic heterocycles. The molecule has 1 saturated heterocycles. The van der Waals surface area contributed by atoms with Crippen molar-refractivity contribution in [2.75, 3.05) is 26.7 Å². The Morgan fingerprint density at radius 3 is 2.91 bits per heavy atom. The Kier molecular flexibility index (Phi) is 5.08. The molecule has 0 saturated carbocycles. The number of rotatable bonds is 6. The average molecular weight is 312 g/mol. The Balaban J connectivity index is 1.47. The number of carbonyl (C=O) groups is 1. The molecule has 2 aromatic rings. The van der Waals surface area contributed by atoms with E-state index in [4.69, 9.17) is 0 Å². The Bertz CT molecular complexity index is 631. The fourth-order valence-electron chi connectivity index (χ4n) is 3.04. The number of benzene rings is 1. The molecule has 1 fully saturated rings. The topological polar surface area (TPSA) is 61.0 Å². The highest BCUT2D eigenvalue weighted by Gasteiger charge is 2.24. The van der Waals surface area contributed by atoms with E-state index in [-0.39, 0.29) is 11.8 Å². The van der Waals surface area contributed by atoms with E-state index in [1.165, 1.54) is 0 Å². The van der Waals surface area contributed by atoms with Gasteiger partial charge in [-0.05, 0) is 31.9 Å². The fourth-order valence-corrected chi connectivity index (χ4v) is 3.04. The van der Waals surface area contributed by atoms with Gasteiger partial charge in [0.1, 0.15) is 0 Å². The molecule has 0 aliphatic carbocycles. The van der Waals surface area contributed by atoms with Gasteiger partial charge in [-0.25, -0.2) is 0 Å². The maximum atomic E-state index is 12.2. The lowest BCUT2D eigenvalue weighted by molar-refractivity contribution is -0.133. The molecule has 1 amide bonds. The summed E-state index contributed by atoms with van der Waals surface area (Å²) in [5.41, 5.74) is 3.21. The molecule has 1 aromatic heterocycles. The number of hydrogen-bond acceptors (Lipinski definition) is 3. The summed E-state index contributed by atoms with van der Waals surface area (Å²) >= 11 is 0. The highest BCUT2D eigenvalue weighted by atomic mass is 16.2. The predicted octanol–water partition coefficient (Wildman–Crippen LogP) is 2.08. The van der Waals surface area contributed by atoms with Crippen LogP contribution in [0.3, 0.4) is 0 Å². The second-order valence-electron chi connectivity index (χ2n) is 6.20. The van der Waals surface area contributed by atoms with Crippen LogP contribution in [0.15, 0.2) is 36.4 Å². The van der Waals surface area contributed by atoms with Crippen LogP contribution in [-0.2, 0) is 11.2 Å². The van der Waals surface area contributed by atoms with Crippen molar-refractivity contribution in [2.45, 2.75) is 19.3 Å². The third kappa shape index (κ3) is 3.99. The van der Waals surface area contributed by atoms with Gasteiger partial charge in [-0.2, -0.15) is 5.10 Å². The Morgan fingerprint density at radius 1 is 1.35 bits per heavy atom. The quantitative estimate of drug-likeness (QED) is 0.858. The van der Waals surface area contributed by atoms with Gasteiger partial charge in [0.2, 0.25) is 5.91 Å². The van der Waals surface area contributed by atoms with E-state index in [0.717, 1.165) is 55.8 Å². The number of nitrogens with one attached hydrogen (secondary N) is 2. The van der Waals surface area contributed by atoms with E-state index in [2.05, 4.69) is 33.7 Å². The van der Waals surface area contributed by atoms with E-state index in [1.807, 2.05) is 30.1 Å². The lowest BCUT2D eigenvalue weighted by Gasteiger charge is -2.20. The van der Waals surface area contributed by atoms with Crippen molar-refractivity contribution in [3.05, 3.63) is 42.1 Å². The molecular formula is C18H24N4O. The van der Waals surface area contributed by atoms with Crippen LogP contribution in [0.4, 0.5) is 0 Å². The first-order chi connectivity index (χ1) is 11.2. The molecule has 2 N–H and O–H groups in total. The van der Waals surface area contributed by atoms with Gasteiger partial charge in [0.15, 0.2) is 0 Å². The van der Waals surface area contributed by atoms with Crippen LogP contribution in [0.5, 0.6) is 0 Å². The average Bonchev–Trinajstić information content (AvgIpc) is 3.27. The summed E-state index contributed by atoms with van der Waals surface area (Å²) in [5.74, 6) is 0.432. The van der Waals surface area contributed by atoms with Crippen LogP contribution >= 0.6 is 0 Å². The number of hydrogen-bond donors (Lipinski definition) is 2. The van der Waals surface area contributed by atoms with E-state index >= 15 is 0 Å². The molecule has 5 heteroatoms. The summed E-state index contributed by atoms with van der Waals surface area (Å²) in [7, 11) is 1.91. The summed E-state index contributed by atoms with van der Waals surface area (Å²) in [6, 6.07) is 12.2. The molecule has 1 atom stereocenters. The van der Waals surface area contributed by atoms with Gasteiger partial charge in [-0.3, -0.25) is 9.89 Å². The van der Waals surface area contributed by atoms with Crippen molar-refractivity contribution < 1.29 is 4.79 Å². The van der Waals surface area contributed by atoms with Crippen LogP contribution < -0.4 is 5.32 Å². The maximum Gasteiger partial charge on any atom is 0.226 e. The van der Waals surface area contributed by atoms with Crippen LogP contribution in [0.2, 0.25) is 0 Å². The second kappa shape index (κ2) is 7.42. The maximum absolute atomic E-state index is 12.2. The molecule has 3 rings (SSSR count). The minimum Gasteiger partial charge on any atom is -0.345 e. The van der Waals surface area contributed by atoms with Crippen LogP contribution in [0.1, 0.15) is 18.5 Å². The smallest absolute Gasteiger partial charge is 0.226 e. The Hall–Kier alpha value is -2.14. The van der Waals surface area contributed by atoms with Crippen molar-refractivity contribution >= 4 is 5.91 Å². The largest absolute Gasteiger partial charge is 0.345 e. The number of aromatic nitrogens is 2. The molecule has 1 aromatic carbocycles. The Labute approximate surface area is 137 Å². The van der Waals surface area contributed by atoms with Crippen molar-refractivity contribution in [3.63, 3.8) is 0 Å². The number of carbonyl (C=O) groups excluding carboxylic acids is 1. The van der Waals surface area contributed by atoms with Gasteiger partial charge in [-0.15, -0.1) is 0 Å². The zero-order valence-corrected chi connectivity index (χ0v) is 13.6. The standard InChI is InChI=1S/C18H24N4O/c1-22(18(23)15-9-10-19-13-15)11-5-8-16-12-17(21-20-16)14-6-3-2-4-7-14/h2-4,6-7,12,15,19H,5,8-11,13H2,1H3,(H,20,21). The summed E-state index contributed by atoms with van der Waals surface area (Å²) in [6.45, 7) is 2.57. The van der Waals surface area contributed by atoms with Crippen LogP contribution in [0.25, 0.3) is 11.3 Å². The fraction of sp³-hybridized carbons (Fsp3) is 0.444. The zero-order chi connectivity index (χ0) is 16.1.